The summed E-state index contributed by atoms with van der Waals surface area (Å²) in [4.78, 5) is 0. The van der Waals surface area contributed by atoms with Crippen LogP contribution in [0.25, 0.3) is 0 Å². The Morgan fingerprint density at radius 1 is 0.923 bits per heavy atom. The number of thiol groups is 1. The molecule has 0 aromatic carbocycles. The summed E-state index contributed by atoms with van der Waals surface area (Å²) in [7, 11) is 0. The molecule has 0 nitrogen and oxygen atoms in total. The molecular weight excluding hydrogens is 176 g/mol. The van der Waals surface area contributed by atoms with Crippen molar-refractivity contribution in [2.45, 2.75) is 65.7 Å². The quantitative estimate of drug-likeness (QED) is 0.542. The first-order chi connectivity index (χ1) is 6.24. The SMILES string of the molecule is CCCCC(CC)(CC)CCCS. The number of unbranched alkanes of at least 4 members (excludes halogenated alkanes) is 1. The molecule has 0 radical (unpaired) electrons. The summed E-state index contributed by atoms with van der Waals surface area (Å²) >= 11 is 4.30. The van der Waals surface area contributed by atoms with Crippen LogP contribution in [0.15, 0.2) is 0 Å². The van der Waals surface area contributed by atoms with Gasteiger partial charge >= 0.3 is 0 Å². The number of hydrogen-bond acceptors (Lipinski definition) is 1. The van der Waals surface area contributed by atoms with Crippen molar-refractivity contribution in [2.75, 3.05) is 5.75 Å². The average Bonchev–Trinajstić information content (AvgIpc) is 2.20. The molecule has 80 valence electrons. The number of hydrogen-bond donors (Lipinski definition) is 1. The van der Waals surface area contributed by atoms with Crippen LogP contribution in [0.5, 0.6) is 0 Å². The molecule has 0 atom stereocenters. The van der Waals surface area contributed by atoms with Crippen molar-refractivity contribution in [3.05, 3.63) is 0 Å². The maximum Gasteiger partial charge on any atom is -0.00977 e. The molecule has 0 heterocycles. The Morgan fingerprint density at radius 2 is 1.46 bits per heavy atom. The molecule has 0 aliphatic carbocycles. The highest BCUT2D eigenvalue weighted by molar-refractivity contribution is 7.80. The fourth-order valence-electron chi connectivity index (χ4n) is 2.09. The molecule has 0 aliphatic rings. The van der Waals surface area contributed by atoms with Crippen molar-refractivity contribution in [3.63, 3.8) is 0 Å². The van der Waals surface area contributed by atoms with E-state index in [1.807, 2.05) is 0 Å². The van der Waals surface area contributed by atoms with E-state index in [1.54, 1.807) is 0 Å². The second-order valence-corrected chi connectivity index (χ2v) is 4.59. The smallest absolute Gasteiger partial charge is 0.00977 e. The van der Waals surface area contributed by atoms with Crippen LogP contribution in [0.2, 0.25) is 0 Å². The molecule has 0 amide bonds. The lowest BCUT2D eigenvalue weighted by Gasteiger charge is -2.31. The van der Waals surface area contributed by atoms with Crippen LogP contribution in [-0.2, 0) is 0 Å². The van der Waals surface area contributed by atoms with Gasteiger partial charge in [-0.2, -0.15) is 12.6 Å². The summed E-state index contributed by atoms with van der Waals surface area (Å²) in [6.07, 6.45) is 9.51. The Morgan fingerprint density at radius 3 is 1.85 bits per heavy atom. The van der Waals surface area contributed by atoms with Crippen molar-refractivity contribution >= 4 is 12.6 Å². The Balaban J connectivity index is 3.97. The molecule has 13 heavy (non-hydrogen) atoms. The van der Waals surface area contributed by atoms with Crippen molar-refractivity contribution in [1.82, 2.24) is 0 Å². The summed E-state index contributed by atoms with van der Waals surface area (Å²) in [5.74, 6) is 1.05. The molecule has 1 heteroatoms. The zero-order valence-electron chi connectivity index (χ0n) is 9.60. The minimum absolute atomic E-state index is 0.638. The van der Waals surface area contributed by atoms with Gasteiger partial charge in [-0.3, -0.25) is 0 Å². The molecule has 0 bridgehead atoms. The predicted molar refractivity (Wildman–Crippen MR) is 65.6 cm³/mol. The van der Waals surface area contributed by atoms with Gasteiger partial charge in [0.2, 0.25) is 0 Å². The van der Waals surface area contributed by atoms with Gasteiger partial charge < -0.3 is 0 Å². The third kappa shape index (κ3) is 4.95. The second kappa shape index (κ2) is 7.73. The number of rotatable bonds is 8. The van der Waals surface area contributed by atoms with Gasteiger partial charge in [0.1, 0.15) is 0 Å². The Bertz CT molecular complexity index is 95.7. The summed E-state index contributed by atoms with van der Waals surface area (Å²) in [5.41, 5.74) is 0.638. The summed E-state index contributed by atoms with van der Waals surface area (Å²) < 4.78 is 0. The lowest BCUT2D eigenvalue weighted by molar-refractivity contribution is 0.210. The van der Waals surface area contributed by atoms with Crippen LogP contribution in [-0.4, -0.2) is 5.75 Å². The largest absolute Gasteiger partial charge is 0.179 e. The van der Waals surface area contributed by atoms with Gasteiger partial charge in [0.05, 0.1) is 0 Å². The van der Waals surface area contributed by atoms with E-state index in [0.717, 1.165) is 5.75 Å². The molecule has 0 N–H and O–H groups in total. The first kappa shape index (κ1) is 13.4. The van der Waals surface area contributed by atoms with E-state index in [-0.39, 0.29) is 0 Å². The van der Waals surface area contributed by atoms with Crippen molar-refractivity contribution < 1.29 is 0 Å². The molecule has 0 aromatic rings. The van der Waals surface area contributed by atoms with E-state index in [1.165, 1.54) is 44.9 Å². The van der Waals surface area contributed by atoms with E-state index in [4.69, 9.17) is 0 Å². The van der Waals surface area contributed by atoms with Crippen molar-refractivity contribution in [2.24, 2.45) is 5.41 Å². The normalized spacial score (nSPS) is 12.0. The van der Waals surface area contributed by atoms with Gasteiger partial charge in [-0.1, -0.05) is 46.5 Å². The molecule has 0 saturated carbocycles. The maximum atomic E-state index is 4.30. The third-order valence-corrected chi connectivity index (χ3v) is 3.74. The molecule has 0 aromatic heterocycles. The third-order valence-electron chi connectivity index (χ3n) is 3.43. The van der Waals surface area contributed by atoms with Crippen LogP contribution in [0.1, 0.15) is 65.7 Å². The minimum Gasteiger partial charge on any atom is -0.179 e. The molecule has 0 spiro atoms. The van der Waals surface area contributed by atoms with E-state index >= 15 is 0 Å². The average molecular weight is 202 g/mol. The van der Waals surface area contributed by atoms with Gasteiger partial charge in [0, 0.05) is 0 Å². The fourth-order valence-corrected chi connectivity index (χ4v) is 2.25. The van der Waals surface area contributed by atoms with Crippen LogP contribution in [0.4, 0.5) is 0 Å². The highest BCUT2D eigenvalue weighted by atomic mass is 32.1. The minimum atomic E-state index is 0.638. The van der Waals surface area contributed by atoms with Crippen LogP contribution in [0, 0.1) is 5.41 Å². The zero-order valence-corrected chi connectivity index (χ0v) is 10.5. The highest BCUT2D eigenvalue weighted by Gasteiger charge is 2.24. The molecule has 0 aliphatic heterocycles. The van der Waals surface area contributed by atoms with Crippen molar-refractivity contribution in [1.29, 1.82) is 0 Å². The molecule has 0 saturated heterocycles. The first-order valence-electron chi connectivity index (χ1n) is 5.85. The van der Waals surface area contributed by atoms with Crippen LogP contribution < -0.4 is 0 Å². The van der Waals surface area contributed by atoms with E-state index in [2.05, 4.69) is 33.4 Å². The summed E-state index contributed by atoms with van der Waals surface area (Å²) in [5, 5.41) is 0. The Labute approximate surface area is 89.9 Å². The summed E-state index contributed by atoms with van der Waals surface area (Å²) in [6.45, 7) is 6.98. The standard InChI is InChI=1S/C12H26S/c1-4-7-9-12(5-2,6-3)10-8-11-13/h13H,4-11H2,1-3H3. The first-order valence-corrected chi connectivity index (χ1v) is 6.48. The fraction of sp³-hybridized carbons (Fsp3) is 1.00. The monoisotopic (exact) mass is 202 g/mol. The maximum absolute atomic E-state index is 4.30. The Hall–Kier alpha value is 0.350. The molecule has 0 fully saturated rings. The van der Waals surface area contributed by atoms with Crippen molar-refractivity contribution in [3.8, 4) is 0 Å². The summed E-state index contributed by atoms with van der Waals surface area (Å²) in [6, 6.07) is 0. The van der Waals surface area contributed by atoms with Gasteiger partial charge in [-0.05, 0) is 30.4 Å². The predicted octanol–water partition coefficient (Wildman–Crippen LogP) is 4.69. The van der Waals surface area contributed by atoms with Crippen LogP contribution in [0.3, 0.4) is 0 Å². The lowest BCUT2D eigenvalue weighted by Crippen LogP contribution is -2.19. The molecule has 0 unspecified atom stereocenters. The van der Waals surface area contributed by atoms with Gasteiger partial charge in [-0.15, -0.1) is 0 Å². The van der Waals surface area contributed by atoms with Gasteiger partial charge in [-0.25, -0.2) is 0 Å². The second-order valence-electron chi connectivity index (χ2n) is 4.14. The Kier molecular flexibility index (Phi) is 7.93. The highest BCUT2D eigenvalue weighted by Crippen LogP contribution is 2.37. The lowest BCUT2D eigenvalue weighted by atomic mass is 9.74. The van der Waals surface area contributed by atoms with E-state index in [9.17, 15) is 0 Å². The zero-order chi connectivity index (χ0) is 10.2. The van der Waals surface area contributed by atoms with Gasteiger partial charge in [0.25, 0.3) is 0 Å². The van der Waals surface area contributed by atoms with E-state index in [0.29, 0.717) is 5.41 Å². The van der Waals surface area contributed by atoms with Crippen LogP contribution >= 0.6 is 12.6 Å². The van der Waals surface area contributed by atoms with Gasteiger partial charge in [0.15, 0.2) is 0 Å². The van der Waals surface area contributed by atoms with E-state index < -0.39 is 0 Å². The topological polar surface area (TPSA) is 0 Å². The molecule has 0 rings (SSSR count). The molecular formula is C12H26S.